The molecule has 0 spiro atoms. The average Bonchev–Trinajstić information content (AvgIpc) is 2.92. The van der Waals surface area contributed by atoms with Gasteiger partial charge in [0.25, 0.3) is 0 Å². The van der Waals surface area contributed by atoms with Gasteiger partial charge in [-0.1, -0.05) is 49.0 Å². The number of amides is 2. The van der Waals surface area contributed by atoms with Gasteiger partial charge < -0.3 is 15.3 Å². The lowest BCUT2D eigenvalue weighted by Crippen LogP contribution is -2.60. The van der Waals surface area contributed by atoms with Crippen molar-refractivity contribution in [3.8, 4) is 0 Å². The van der Waals surface area contributed by atoms with Crippen LogP contribution in [0.1, 0.15) is 32.3 Å². The smallest absolute Gasteiger partial charge is 0.236 e. The number of fused-ring (bicyclic) bond motifs is 1. The van der Waals surface area contributed by atoms with Crippen LogP contribution >= 0.6 is 23.5 Å². The van der Waals surface area contributed by atoms with Crippen LogP contribution in [0.4, 0.5) is 0 Å². The van der Waals surface area contributed by atoms with Crippen molar-refractivity contribution in [3.05, 3.63) is 45.8 Å². The maximum absolute atomic E-state index is 12.2. The fourth-order valence-corrected chi connectivity index (χ4v) is 6.03. The monoisotopic (exact) mass is 392 g/mol. The Labute approximate surface area is 162 Å². The van der Waals surface area contributed by atoms with Crippen molar-refractivity contribution in [2.24, 2.45) is 5.92 Å². The Hall–Kier alpha value is -1.44. The Morgan fingerprint density at radius 3 is 2.81 bits per heavy atom. The Morgan fingerprint density at radius 1 is 1.38 bits per heavy atom. The number of aliphatic hydroxyl groups is 1. The highest BCUT2D eigenvalue weighted by Crippen LogP contribution is 2.53. The Kier molecular flexibility index (Phi) is 6.32. The van der Waals surface area contributed by atoms with Gasteiger partial charge in [0.05, 0.1) is 16.3 Å². The lowest BCUT2D eigenvalue weighted by atomic mass is 9.90. The van der Waals surface area contributed by atoms with E-state index in [1.165, 1.54) is 0 Å². The highest BCUT2D eigenvalue weighted by molar-refractivity contribution is 8.22. The summed E-state index contributed by atoms with van der Waals surface area (Å²) in [5.74, 6) is 0.426. The molecule has 7 heteroatoms. The first-order valence-electron chi connectivity index (χ1n) is 8.85. The number of carbonyl (C=O) groups excluding carboxylic acids is 2. The number of benzene rings is 1. The molecule has 1 aromatic rings. The zero-order valence-electron chi connectivity index (χ0n) is 15.0. The van der Waals surface area contributed by atoms with Crippen LogP contribution in [0.3, 0.4) is 0 Å². The molecular formula is C19H24N2O3S2. The van der Waals surface area contributed by atoms with Gasteiger partial charge in [-0.25, -0.2) is 0 Å². The standard InChI is InChI=1S/C19H24N2O3S2/c1-3-14(22)16-17(24)21-12(2)19(26-18(16)21)25-10-9-15(23)20-11-13-7-5-4-6-8-13/h4-8,14,16,18,22H,3,9-11H2,1-2H3,(H,20,23)/t14-,16+,18+/m0/s1. The third-order valence-corrected chi connectivity index (χ3v) is 7.56. The van der Waals surface area contributed by atoms with Gasteiger partial charge in [0, 0.05) is 24.4 Å². The molecule has 2 aliphatic rings. The van der Waals surface area contributed by atoms with Crippen molar-refractivity contribution in [2.45, 2.75) is 44.7 Å². The van der Waals surface area contributed by atoms with Crippen molar-refractivity contribution in [1.29, 1.82) is 0 Å². The maximum atomic E-state index is 12.2. The molecule has 1 saturated heterocycles. The zero-order chi connectivity index (χ0) is 18.7. The molecule has 3 atom stereocenters. The van der Waals surface area contributed by atoms with Crippen LogP contribution in [-0.2, 0) is 16.1 Å². The minimum atomic E-state index is -0.572. The molecule has 140 valence electrons. The van der Waals surface area contributed by atoms with Gasteiger partial charge in [0.15, 0.2) is 0 Å². The molecular weight excluding hydrogens is 368 g/mol. The van der Waals surface area contributed by atoms with Crippen LogP contribution in [0.5, 0.6) is 0 Å². The molecule has 0 aliphatic carbocycles. The summed E-state index contributed by atoms with van der Waals surface area (Å²) in [4.78, 5) is 26.0. The van der Waals surface area contributed by atoms with Crippen molar-refractivity contribution in [3.63, 3.8) is 0 Å². The molecule has 5 nitrogen and oxygen atoms in total. The molecule has 1 aromatic carbocycles. The van der Waals surface area contributed by atoms with E-state index in [1.807, 2.05) is 44.2 Å². The molecule has 0 saturated carbocycles. The third-order valence-electron chi connectivity index (χ3n) is 4.70. The number of nitrogens with zero attached hydrogens (tertiary/aromatic N) is 1. The van der Waals surface area contributed by atoms with Gasteiger partial charge in [0.2, 0.25) is 11.8 Å². The first-order chi connectivity index (χ1) is 12.5. The minimum Gasteiger partial charge on any atom is -0.392 e. The Balaban J connectivity index is 1.43. The second-order valence-electron chi connectivity index (χ2n) is 6.45. The van der Waals surface area contributed by atoms with E-state index >= 15 is 0 Å². The number of β-lactam (4-membered cyclic amide) rings is 1. The van der Waals surface area contributed by atoms with Crippen LogP contribution in [-0.4, -0.2) is 39.1 Å². The molecule has 0 aromatic heterocycles. The van der Waals surface area contributed by atoms with Gasteiger partial charge >= 0.3 is 0 Å². The Bertz CT molecular complexity index is 708. The number of hydrogen-bond donors (Lipinski definition) is 2. The second-order valence-corrected chi connectivity index (χ2v) is 8.94. The van der Waals surface area contributed by atoms with Gasteiger partial charge in [-0.2, -0.15) is 0 Å². The van der Waals surface area contributed by atoms with Crippen molar-refractivity contribution in [2.75, 3.05) is 5.75 Å². The van der Waals surface area contributed by atoms with Gasteiger partial charge in [0.1, 0.15) is 5.37 Å². The molecule has 0 unspecified atom stereocenters. The molecule has 2 amide bonds. The summed E-state index contributed by atoms with van der Waals surface area (Å²) in [6.07, 6.45) is 0.455. The lowest BCUT2D eigenvalue weighted by molar-refractivity contribution is -0.153. The quantitative estimate of drug-likeness (QED) is 0.666. The summed E-state index contributed by atoms with van der Waals surface area (Å²) in [6.45, 7) is 4.38. The molecule has 0 bridgehead atoms. The highest BCUT2D eigenvalue weighted by Gasteiger charge is 2.55. The van der Waals surface area contributed by atoms with Crippen LogP contribution in [0, 0.1) is 5.92 Å². The van der Waals surface area contributed by atoms with Crippen molar-refractivity contribution in [1.82, 2.24) is 10.2 Å². The van der Waals surface area contributed by atoms with Gasteiger partial charge in [-0.15, -0.1) is 11.8 Å². The molecule has 0 radical (unpaired) electrons. The zero-order valence-corrected chi connectivity index (χ0v) is 16.6. The van der Waals surface area contributed by atoms with E-state index in [-0.39, 0.29) is 23.1 Å². The number of allylic oxidation sites excluding steroid dienone is 1. The molecule has 26 heavy (non-hydrogen) atoms. The van der Waals surface area contributed by atoms with Crippen LogP contribution in [0.15, 0.2) is 40.3 Å². The van der Waals surface area contributed by atoms with Crippen molar-refractivity contribution >= 4 is 35.3 Å². The molecule has 3 rings (SSSR count). The van der Waals surface area contributed by atoms with Gasteiger partial charge in [-0.3, -0.25) is 9.59 Å². The number of rotatable bonds is 8. The minimum absolute atomic E-state index is 0.0190. The van der Waals surface area contributed by atoms with Crippen molar-refractivity contribution < 1.29 is 14.7 Å². The van der Waals surface area contributed by atoms with E-state index in [4.69, 9.17) is 0 Å². The van der Waals surface area contributed by atoms with E-state index in [0.29, 0.717) is 25.1 Å². The predicted octanol–water partition coefficient (Wildman–Crippen LogP) is 2.92. The fourth-order valence-electron chi connectivity index (χ4n) is 3.13. The van der Waals surface area contributed by atoms with Gasteiger partial charge in [-0.05, 0) is 18.9 Å². The number of carbonyl (C=O) groups is 2. The molecule has 2 heterocycles. The second kappa shape index (κ2) is 8.50. The summed E-state index contributed by atoms with van der Waals surface area (Å²) in [6, 6.07) is 9.84. The first-order valence-corrected chi connectivity index (χ1v) is 10.7. The molecule has 2 aliphatic heterocycles. The fraction of sp³-hybridized carbons (Fsp3) is 0.474. The number of thioether (sulfide) groups is 2. The third kappa shape index (κ3) is 3.94. The average molecular weight is 393 g/mol. The number of nitrogens with one attached hydrogen (secondary N) is 1. The largest absolute Gasteiger partial charge is 0.392 e. The highest BCUT2D eigenvalue weighted by atomic mass is 32.2. The SMILES string of the molecule is CC[C@H](O)[C@@H]1C(=O)N2C(C)=C(SCCC(=O)NCc3ccccc3)S[C@H]12. The Morgan fingerprint density at radius 2 is 2.12 bits per heavy atom. The normalized spacial score (nSPS) is 22.9. The summed E-state index contributed by atoms with van der Waals surface area (Å²) in [5, 5.41) is 13.0. The maximum Gasteiger partial charge on any atom is 0.236 e. The topological polar surface area (TPSA) is 69.6 Å². The first kappa shape index (κ1) is 19.3. The van der Waals surface area contributed by atoms with Crippen LogP contribution in [0.25, 0.3) is 0 Å². The van der Waals surface area contributed by atoms with Crippen LogP contribution in [0.2, 0.25) is 0 Å². The van der Waals surface area contributed by atoms with Crippen LogP contribution < -0.4 is 5.32 Å². The van der Waals surface area contributed by atoms with E-state index in [9.17, 15) is 14.7 Å². The number of hydrogen-bond acceptors (Lipinski definition) is 5. The summed E-state index contributed by atoms with van der Waals surface area (Å²) in [7, 11) is 0. The van der Waals surface area contributed by atoms with E-state index in [1.54, 1.807) is 28.4 Å². The predicted molar refractivity (Wildman–Crippen MR) is 106 cm³/mol. The lowest BCUT2D eigenvalue weighted by Gasteiger charge is -2.44. The summed E-state index contributed by atoms with van der Waals surface area (Å²) < 4.78 is 1.09. The summed E-state index contributed by atoms with van der Waals surface area (Å²) >= 11 is 3.26. The van der Waals surface area contributed by atoms with E-state index in [0.717, 1.165) is 15.5 Å². The van der Waals surface area contributed by atoms with E-state index in [2.05, 4.69) is 5.32 Å². The molecule has 2 N–H and O–H groups in total. The summed E-state index contributed by atoms with van der Waals surface area (Å²) in [5.41, 5.74) is 2.04. The molecule has 1 fully saturated rings. The van der Waals surface area contributed by atoms with E-state index < -0.39 is 6.10 Å². The number of aliphatic hydroxyl groups excluding tert-OH is 1.